The van der Waals surface area contributed by atoms with Crippen LogP contribution in [-0.4, -0.2) is 24.0 Å². The third-order valence-electron chi connectivity index (χ3n) is 2.33. The van der Waals surface area contributed by atoms with Crippen LogP contribution in [0.15, 0.2) is 22.7 Å². The first-order valence-corrected chi connectivity index (χ1v) is 7.86. The number of carbonyl (C=O) groups is 1. The maximum Gasteiger partial charge on any atom is 0.253 e. The highest BCUT2D eigenvalue weighted by atomic mass is 79.9. The molecule has 1 rings (SSSR count). The van der Waals surface area contributed by atoms with Crippen molar-refractivity contribution < 1.29 is 4.79 Å². The summed E-state index contributed by atoms with van der Waals surface area (Å²) in [7, 11) is 0. The maximum absolute atomic E-state index is 12.0. The van der Waals surface area contributed by atoms with Gasteiger partial charge in [0.2, 0.25) is 0 Å². The Morgan fingerprint density at radius 2 is 2.29 bits per heavy atom. The number of hydrogen-bond donors (Lipinski definition) is 1. The number of benzene rings is 1. The van der Waals surface area contributed by atoms with Crippen LogP contribution >= 0.6 is 39.3 Å². The minimum absolute atomic E-state index is 0.120. The predicted octanol–water partition coefficient (Wildman–Crippen LogP) is 3.97. The predicted molar refractivity (Wildman–Crippen MR) is 79.1 cm³/mol. The average Bonchev–Trinajstić information content (AvgIpc) is 2.29. The highest BCUT2D eigenvalue weighted by Crippen LogP contribution is 2.25. The normalized spacial score (nSPS) is 12.2. The van der Waals surface area contributed by atoms with Crippen LogP contribution in [-0.2, 0) is 0 Å². The van der Waals surface area contributed by atoms with Crippen LogP contribution < -0.4 is 5.32 Å². The summed E-state index contributed by atoms with van der Waals surface area (Å²) in [6, 6.07) is 5.50. The van der Waals surface area contributed by atoms with Gasteiger partial charge in [-0.05, 0) is 53.4 Å². The summed E-state index contributed by atoms with van der Waals surface area (Å²) in [5.74, 6) is 0.915. The molecule has 1 N–H and O–H groups in total. The molecule has 1 aromatic rings. The minimum atomic E-state index is -0.120. The van der Waals surface area contributed by atoms with Gasteiger partial charge in [-0.15, -0.1) is 0 Å². The first kappa shape index (κ1) is 14.9. The lowest BCUT2D eigenvalue weighted by Gasteiger charge is -2.14. The van der Waals surface area contributed by atoms with Gasteiger partial charge in [-0.3, -0.25) is 4.79 Å². The summed E-state index contributed by atoms with van der Waals surface area (Å²) in [5, 5.41) is 3.40. The molecule has 0 aliphatic carbocycles. The lowest BCUT2D eigenvalue weighted by Crippen LogP contribution is -2.33. The molecule has 0 saturated heterocycles. The van der Waals surface area contributed by atoms with Gasteiger partial charge in [0.25, 0.3) is 5.91 Å². The van der Waals surface area contributed by atoms with E-state index in [4.69, 9.17) is 11.6 Å². The minimum Gasteiger partial charge on any atom is -0.350 e. The molecule has 0 spiro atoms. The highest BCUT2D eigenvalue weighted by molar-refractivity contribution is 9.10. The Kier molecular flexibility index (Phi) is 6.38. The lowest BCUT2D eigenvalue weighted by molar-refractivity contribution is 0.0939. The molecule has 94 valence electrons. The Hall–Kier alpha value is -0.190. The van der Waals surface area contributed by atoms with Gasteiger partial charge in [0.1, 0.15) is 0 Å². The van der Waals surface area contributed by atoms with Crippen LogP contribution in [0.4, 0.5) is 0 Å². The molecule has 1 unspecified atom stereocenters. The molecule has 0 heterocycles. The molecule has 1 amide bonds. The molecule has 1 atom stereocenters. The number of carbonyl (C=O) groups excluding carboxylic acids is 1. The zero-order chi connectivity index (χ0) is 12.8. The maximum atomic E-state index is 12.0. The average molecular weight is 337 g/mol. The molecule has 0 bridgehead atoms. The topological polar surface area (TPSA) is 29.1 Å². The molecule has 0 aliphatic rings. The van der Waals surface area contributed by atoms with Crippen LogP contribution in [0, 0.1) is 0 Å². The summed E-state index contributed by atoms with van der Waals surface area (Å²) in [4.78, 5) is 12.0. The van der Waals surface area contributed by atoms with E-state index in [0.717, 1.165) is 16.6 Å². The summed E-state index contributed by atoms with van der Waals surface area (Å²) >= 11 is 11.1. The number of thioether (sulfide) groups is 1. The second kappa shape index (κ2) is 7.29. The van der Waals surface area contributed by atoms with E-state index >= 15 is 0 Å². The summed E-state index contributed by atoms with van der Waals surface area (Å²) < 4.78 is 0.739. The number of nitrogens with one attached hydrogen (secondary N) is 1. The van der Waals surface area contributed by atoms with Gasteiger partial charge in [-0.2, -0.15) is 11.8 Å². The first-order chi connectivity index (χ1) is 8.06. The SMILES string of the molecule is CSCCC(C)NC(=O)c1cccc(Br)c1Cl. The lowest BCUT2D eigenvalue weighted by atomic mass is 10.2. The van der Waals surface area contributed by atoms with Gasteiger partial charge >= 0.3 is 0 Å². The Bertz CT molecular complexity index is 400. The van der Waals surface area contributed by atoms with Gasteiger partial charge in [0, 0.05) is 10.5 Å². The molecule has 0 radical (unpaired) electrons. The number of rotatable bonds is 5. The third kappa shape index (κ3) is 4.53. The molecular formula is C12H15BrClNOS. The zero-order valence-corrected chi connectivity index (χ0v) is 13.0. The zero-order valence-electron chi connectivity index (χ0n) is 9.80. The largest absolute Gasteiger partial charge is 0.350 e. The van der Waals surface area contributed by atoms with Crippen molar-refractivity contribution in [1.29, 1.82) is 0 Å². The second-order valence-corrected chi connectivity index (χ2v) is 5.98. The van der Waals surface area contributed by atoms with Gasteiger partial charge in [-0.1, -0.05) is 17.7 Å². The van der Waals surface area contributed by atoms with Crippen molar-refractivity contribution >= 4 is 45.2 Å². The van der Waals surface area contributed by atoms with Crippen molar-refractivity contribution in [3.05, 3.63) is 33.3 Å². The van der Waals surface area contributed by atoms with Crippen molar-refractivity contribution in [1.82, 2.24) is 5.32 Å². The van der Waals surface area contributed by atoms with Gasteiger partial charge in [0.05, 0.1) is 10.6 Å². The number of amides is 1. The third-order valence-corrected chi connectivity index (χ3v) is 4.27. The molecule has 0 aliphatic heterocycles. The fourth-order valence-corrected chi connectivity index (χ4v) is 2.51. The van der Waals surface area contributed by atoms with Crippen molar-refractivity contribution in [2.24, 2.45) is 0 Å². The summed E-state index contributed by atoms with van der Waals surface area (Å²) in [5.41, 5.74) is 0.511. The van der Waals surface area contributed by atoms with Gasteiger partial charge in [0.15, 0.2) is 0 Å². The summed E-state index contributed by atoms with van der Waals surface area (Å²) in [6.07, 6.45) is 3.01. The van der Waals surface area contributed by atoms with Crippen molar-refractivity contribution in [3.63, 3.8) is 0 Å². The monoisotopic (exact) mass is 335 g/mol. The Morgan fingerprint density at radius 1 is 1.59 bits per heavy atom. The van der Waals surface area contributed by atoms with E-state index in [1.807, 2.05) is 13.0 Å². The quantitative estimate of drug-likeness (QED) is 0.881. The van der Waals surface area contributed by atoms with Crippen molar-refractivity contribution in [3.8, 4) is 0 Å². The Balaban J connectivity index is 2.67. The Morgan fingerprint density at radius 3 is 2.94 bits per heavy atom. The summed E-state index contributed by atoms with van der Waals surface area (Å²) in [6.45, 7) is 2.00. The smallest absolute Gasteiger partial charge is 0.253 e. The molecule has 0 fully saturated rings. The molecule has 0 saturated carbocycles. The molecule has 5 heteroatoms. The van der Waals surface area contributed by atoms with Crippen LogP contribution in [0.3, 0.4) is 0 Å². The van der Waals surface area contributed by atoms with Crippen LogP contribution in [0.1, 0.15) is 23.7 Å². The molecule has 1 aromatic carbocycles. The van der Waals surface area contributed by atoms with E-state index in [1.54, 1.807) is 23.9 Å². The van der Waals surface area contributed by atoms with E-state index in [1.165, 1.54) is 0 Å². The first-order valence-electron chi connectivity index (χ1n) is 5.30. The van der Waals surface area contributed by atoms with Crippen molar-refractivity contribution in [2.45, 2.75) is 19.4 Å². The van der Waals surface area contributed by atoms with E-state index in [2.05, 4.69) is 27.5 Å². The number of hydrogen-bond acceptors (Lipinski definition) is 2. The fraction of sp³-hybridized carbons (Fsp3) is 0.417. The van der Waals surface area contributed by atoms with E-state index in [9.17, 15) is 4.79 Å². The fourth-order valence-electron chi connectivity index (χ4n) is 1.35. The molecule has 2 nitrogen and oxygen atoms in total. The van der Waals surface area contributed by atoms with Gasteiger partial charge in [-0.25, -0.2) is 0 Å². The van der Waals surface area contributed by atoms with E-state index in [-0.39, 0.29) is 11.9 Å². The van der Waals surface area contributed by atoms with Crippen LogP contribution in [0.2, 0.25) is 5.02 Å². The van der Waals surface area contributed by atoms with E-state index < -0.39 is 0 Å². The van der Waals surface area contributed by atoms with E-state index in [0.29, 0.717) is 10.6 Å². The number of halogens is 2. The molecule has 0 aromatic heterocycles. The molecule has 17 heavy (non-hydrogen) atoms. The van der Waals surface area contributed by atoms with Crippen molar-refractivity contribution in [2.75, 3.05) is 12.0 Å². The standard InChI is InChI=1S/C12H15BrClNOS/c1-8(6-7-17-2)15-12(16)9-4-3-5-10(13)11(9)14/h3-5,8H,6-7H2,1-2H3,(H,15,16). The van der Waals surface area contributed by atoms with Crippen LogP contribution in [0.25, 0.3) is 0 Å². The Labute approximate surface area is 120 Å². The van der Waals surface area contributed by atoms with Gasteiger partial charge < -0.3 is 5.32 Å². The highest BCUT2D eigenvalue weighted by Gasteiger charge is 2.14. The second-order valence-electron chi connectivity index (χ2n) is 3.76. The van der Waals surface area contributed by atoms with Crippen LogP contribution in [0.5, 0.6) is 0 Å². The molecular weight excluding hydrogens is 322 g/mol.